The molecule has 6 heteroatoms. The molecule has 0 saturated carbocycles. The normalized spacial score (nSPS) is 11.2. The topological polar surface area (TPSA) is 58.7 Å². The van der Waals surface area contributed by atoms with Gasteiger partial charge >= 0.3 is 5.76 Å². The van der Waals surface area contributed by atoms with Crippen LogP contribution >= 0.6 is 0 Å². The number of rotatable bonds is 7. The molecule has 0 unspecified atom stereocenters. The molecule has 6 nitrogen and oxygen atoms in total. The molecule has 1 amide bonds. The number of nitrogens with zero attached hydrogens (tertiary/aromatic N) is 3. The van der Waals surface area contributed by atoms with Gasteiger partial charge in [0.15, 0.2) is 5.58 Å². The highest BCUT2D eigenvalue weighted by atomic mass is 16.4. The maximum absolute atomic E-state index is 12.9. The predicted octanol–water partition coefficient (Wildman–Crippen LogP) is 2.18. The van der Waals surface area contributed by atoms with E-state index in [1.807, 2.05) is 55.4 Å². The molecule has 3 rings (SSSR count). The number of hydrogen-bond donors (Lipinski definition) is 0. The van der Waals surface area contributed by atoms with Crippen LogP contribution in [0.15, 0.2) is 63.8 Å². The summed E-state index contributed by atoms with van der Waals surface area (Å²) in [6.07, 6.45) is 0. The van der Waals surface area contributed by atoms with Crippen molar-refractivity contribution in [2.24, 2.45) is 0 Å². The van der Waals surface area contributed by atoms with Crippen molar-refractivity contribution in [1.29, 1.82) is 0 Å². The summed E-state index contributed by atoms with van der Waals surface area (Å²) in [6.45, 7) is 1.82. The molecule has 0 bridgehead atoms. The van der Waals surface area contributed by atoms with Crippen LogP contribution in [0.1, 0.15) is 5.56 Å². The second kappa shape index (κ2) is 8.01. The lowest BCUT2D eigenvalue weighted by Crippen LogP contribution is -2.39. The molecule has 26 heavy (non-hydrogen) atoms. The minimum Gasteiger partial charge on any atom is -0.408 e. The molecule has 0 spiro atoms. The van der Waals surface area contributed by atoms with Crippen LogP contribution in [0.3, 0.4) is 0 Å². The molecule has 1 aromatic heterocycles. The summed E-state index contributed by atoms with van der Waals surface area (Å²) in [5.74, 6) is -0.615. The van der Waals surface area contributed by atoms with E-state index >= 15 is 0 Å². The number of para-hydroxylation sites is 2. The monoisotopic (exact) mass is 353 g/mol. The highest BCUT2D eigenvalue weighted by molar-refractivity contribution is 5.79. The van der Waals surface area contributed by atoms with E-state index in [0.717, 1.165) is 12.1 Å². The molecule has 1 heterocycles. The van der Waals surface area contributed by atoms with E-state index in [-0.39, 0.29) is 12.5 Å². The molecule has 3 aromatic rings. The van der Waals surface area contributed by atoms with E-state index in [9.17, 15) is 9.59 Å². The molecule has 0 atom stereocenters. The average molecular weight is 353 g/mol. The van der Waals surface area contributed by atoms with Gasteiger partial charge in [-0.05, 0) is 31.8 Å². The Labute approximate surface area is 152 Å². The zero-order valence-corrected chi connectivity index (χ0v) is 15.1. The summed E-state index contributed by atoms with van der Waals surface area (Å²) < 4.78 is 6.62. The van der Waals surface area contributed by atoms with Gasteiger partial charge in [0.2, 0.25) is 5.91 Å². The van der Waals surface area contributed by atoms with Crippen molar-refractivity contribution in [2.45, 2.75) is 13.1 Å². The summed E-state index contributed by atoms with van der Waals surface area (Å²) in [7, 11) is 3.94. The van der Waals surface area contributed by atoms with Gasteiger partial charge in [-0.1, -0.05) is 42.5 Å². The first kappa shape index (κ1) is 17.9. The van der Waals surface area contributed by atoms with Crippen LogP contribution in [-0.4, -0.2) is 47.5 Å². The first-order chi connectivity index (χ1) is 12.5. The third-order valence-electron chi connectivity index (χ3n) is 4.25. The lowest BCUT2D eigenvalue weighted by Gasteiger charge is -2.24. The quantitative estimate of drug-likeness (QED) is 0.653. The third kappa shape index (κ3) is 4.21. The Kier molecular flexibility index (Phi) is 5.53. The number of amides is 1. The van der Waals surface area contributed by atoms with E-state index in [4.69, 9.17) is 4.42 Å². The number of hydrogen-bond acceptors (Lipinski definition) is 4. The van der Waals surface area contributed by atoms with Crippen LogP contribution < -0.4 is 5.76 Å². The Hall–Kier alpha value is -2.86. The fraction of sp³-hybridized carbons (Fsp3) is 0.300. The zero-order valence-electron chi connectivity index (χ0n) is 15.1. The number of fused-ring (bicyclic) bond motifs is 1. The van der Waals surface area contributed by atoms with Crippen LogP contribution in [0.5, 0.6) is 0 Å². The highest BCUT2D eigenvalue weighted by Gasteiger charge is 2.18. The Balaban J connectivity index is 1.82. The maximum atomic E-state index is 12.9. The highest BCUT2D eigenvalue weighted by Crippen LogP contribution is 2.13. The van der Waals surface area contributed by atoms with E-state index in [0.29, 0.717) is 24.2 Å². The molecular weight excluding hydrogens is 330 g/mol. The minimum absolute atomic E-state index is 0.0316. The summed E-state index contributed by atoms with van der Waals surface area (Å²) >= 11 is 0. The van der Waals surface area contributed by atoms with Gasteiger partial charge in [0.1, 0.15) is 6.54 Å². The summed E-state index contributed by atoms with van der Waals surface area (Å²) in [4.78, 5) is 28.9. The molecule has 0 aliphatic rings. The van der Waals surface area contributed by atoms with E-state index in [1.54, 1.807) is 23.1 Å². The van der Waals surface area contributed by atoms with Crippen molar-refractivity contribution in [3.63, 3.8) is 0 Å². The van der Waals surface area contributed by atoms with E-state index in [2.05, 4.69) is 0 Å². The van der Waals surface area contributed by atoms with Crippen molar-refractivity contribution >= 4 is 17.0 Å². The molecule has 0 aliphatic heterocycles. The van der Waals surface area contributed by atoms with Gasteiger partial charge in [0, 0.05) is 19.6 Å². The number of aromatic nitrogens is 1. The van der Waals surface area contributed by atoms with E-state index < -0.39 is 5.76 Å². The van der Waals surface area contributed by atoms with Gasteiger partial charge in [-0.2, -0.15) is 0 Å². The summed E-state index contributed by atoms with van der Waals surface area (Å²) in [5, 5.41) is 0. The number of carbonyl (C=O) groups is 1. The largest absolute Gasteiger partial charge is 0.420 e. The third-order valence-corrected chi connectivity index (χ3v) is 4.25. The van der Waals surface area contributed by atoms with Crippen molar-refractivity contribution < 1.29 is 9.21 Å². The Morgan fingerprint density at radius 1 is 1.00 bits per heavy atom. The van der Waals surface area contributed by atoms with Gasteiger partial charge in [-0.3, -0.25) is 9.36 Å². The fourth-order valence-corrected chi connectivity index (χ4v) is 2.82. The molecule has 0 fully saturated rings. The van der Waals surface area contributed by atoms with Crippen molar-refractivity contribution in [1.82, 2.24) is 14.4 Å². The number of carbonyl (C=O) groups excluding carboxylic acids is 1. The van der Waals surface area contributed by atoms with Crippen LogP contribution in [0.4, 0.5) is 0 Å². The fourth-order valence-electron chi connectivity index (χ4n) is 2.82. The SMILES string of the molecule is CN(C)CCN(Cc1ccccc1)C(=O)Cn1c(=O)oc2ccccc21. The van der Waals surface area contributed by atoms with E-state index in [1.165, 1.54) is 4.57 Å². The van der Waals surface area contributed by atoms with Crippen LogP contribution in [0, 0.1) is 0 Å². The maximum Gasteiger partial charge on any atom is 0.420 e. The number of benzene rings is 2. The smallest absolute Gasteiger partial charge is 0.408 e. The Morgan fingerprint density at radius 3 is 2.42 bits per heavy atom. The first-order valence-corrected chi connectivity index (χ1v) is 8.59. The summed E-state index contributed by atoms with van der Waals surface area (Å²) in [6, 6.07) is 17.0. The molecule has 2 aromatic carbocycles. The van der Waals surface area contributed by atoms with Crippen molar-refractivity contribution in [3.8, 4) is 0 Å². The molecule has 0 aliphatic carbocycles. The average Bonchev–Trinajstić information content (AvgIpc) is 2.95. The van der Waals surface area contributed by atoms with Crippen molar-refractivity contribution in [2.75, 3.05) is 27.2 Å². The molecule has 136 valence electrons. The van der Waals surface area contributed by atoms with Crippen LogP contribution in [-0.2, 0) is 17.9 Å². The van der Waals surface area contributed by atoms with Gasteiger partial charge in [0.25, 0.3) is 0 Å². The Morgan fingerprint density at radius 2 is 1.69 bits per heavy atom. The molecular formula is C20H23N3O3. The standard InChI is InChI=1S/C20H23N3O3/c1-21(2)12-13-22(14-16-8-4-3-5-9-16)19(24)15-23-17-10-6-7-11-18(17)26-20(23)25/h3-11H,12-15H2,1-2H3. The summed E-state index contributed by atoms with van der Waals surface area (Å²) in [5.41, 5.74) is 2.19. The van der Waals surface area contributed by atoms with Crippen molar-refractivity contribution in [3.05, 3.63) is 70.7 Å². The predicted molar refractivity (Wildman–Crippen MR) is 101 cm³/mol. The lowest BCUT2D eigenvalue weighted by molar-refractivity contribution is -0.132. The number of likely N-dealkylation sites (N-methyl/N-ethyl adjacent to an activating group) is 1. The zero-order chi connectivity index (χ0) is 18.5. The van der Waals surface area contributed by atoms with Gasteiger partial charge < -0.3 is 14.2 Å². The first-order valence-electron chi connectivity index (χ1n) is 8.59. The molecule has 0 radical (unpaired) electrons. The number of oxazole rings is 1. The second-order valence-electron chi connectivity index (χ2n) is 6.53. The second-order valence-corrected chi connectivity index (χ2v) is 6.53. The molecule has 0 saturated heterocycles. The van der Waals surface area contributed by atoms with Crippen LogP contribution in [0.25, 0.3) is 11.1 Å². The molecule has 0 N–H and O–H groups in total. The van der Waals surface area contributed by atoms with Gasteiger partial charge in [-0.25, -0.2) is 4.79 Å². The van der Waals surface area contributed by atoms with Gasteiger partial charge in [0.05, 0.1) is 5.52 Å². The Bertz CT molecular complexity index is 928. The van der Waals surface area contributed by atoms with Crippen LogP contribution in [0.2, 0.25) is 0 Å². The van der Waals surface area contributed by atoms with Gasteiger partial charge in [-0.15, -0.1) is 0 Å². The lowest BCUT2D eigenvalue weighted by atomic mass is 10.2. The minimum atomic E-state index is -0.508.